The van der Waals surface area contributed by atoms with E-state index in [9.17, 15) is 58.8 Å². The summed E-state index contributed by atoms with van der Waals surface area (Å²) in [5.74, 6) is -9.31. The average molecular weight is 1260 g/mol. The molecule has 6 N–H and O–H groups in total. The van der Waals surface area contributed by atoms with Crippen LogP contribution in [0.25, 0.3) is 0 Å². The first-order chi connectivity index (χ1) is 42.9. The molecular formula is C71H116O18. The highest BCUT2D eigenvalue weighted by molar-refractivity contribution is 5.79. The lowest BCUT2D eigenvalue weighted by Gasteiger charge is -2.20. The Balaban J connectivity index is 5.18. The predicted molar refractivity (Wildman–Crippen MR) is 346 cm³/mol. The van der Waals surface area contributed by atoms with E-state index in [2.05, 4.69) is 32.1 Å². The average Bonchev–Trinajstić information content (AvgIpc) is 3.72. The van der Waals surface area contributed by atoms with Crippen molar-refractivity contribution in [2.75, 3.05) is 26.4 Å². The molecule has 0 aromatic rings. The maximum Gasteiger partial charge on any atom is 0.309 e. The van der Waals surface area contributed by atoms with Crippen molar-refractivity contribution in [1.82, 2.24) is 0 Å². The fourth-order valence-electron chi connectivity index (χ4n) is 10.2. The molecule has 508 valence electrons. The lowest BCUT2D eigenvalue weighted by Crippen LogP contribution is -2.30. The summed E-state index contributed by atoms with van der Waals surface area (Å²) in [4.78, 5) is 97.5. The predicted octanol–water partition coefficient (Wildman–Crippen LogP) is 15.0. The third-order valence-corrected chi connectivity index (χ3v) is 15.8. The number of carbonyl (C=O) groups excluding carboxylic acids is 4. The molecular weight excluding hydrogens is 1140 g/mol. The molecule has 18 heteroatoms. The molecule has 0 heterocycles. The number of carboxylic acid groups (broad SMARTS) is 4. The molecule has 0 saturated heterocycles. The Hall–Kier alpha value is -5.88. The van der Waals surface area contributed by atoms with Crippen molar-refractivity contribution in [3.8, 4) is 0 Å². The van der Waals surface area contributed by atoms with Gasteiger partial charge >= 0.3 is 47.8 Å². The largest absolute Gasteiger partial charge is 0.481 e. The maximum atomic E-state index is 13.1. The van der Waals surface area contributed by atoms with Crippen molar-refractivity contribution in [1.29, 1.82) is 0 Å². The number of aliphatic hydroxyl groups excluding tert-OH is 2. The molecule has 0 fully saturated rings. The third-order valence-electron chi connectivity index (χ3n) is 15.8. The first kappa shape index (κ1) is 83.1. The lowest BCUT2D eigenvalue weighted by atomic mass is 9.84. The van der Waals surface area contributed by atoms with Gasteiger partial charge < -0.3 is 49.6 Å². The quantitative estimate of drug-likeness (QED) is 0.0108. The number of esters is 4. The summed E-state index contributed by atoms with van der Waals surface area (Å²) in [5, 5.41) is 56.3. The number of unbranched alkanes of at least 4 members (excludes halogenated alkanes) is 21. The van der Waals surface area contributed by atoms with Gasteiger partial charge in [-0.15, -0.1) is 0 Å². The number of hydrogen-bond donors (Lipinski definition) is 6. The van der Waals surface area contributed by atoms with E-state index in [4.69, 9.17) is 29.2 Å². The van der Waals surface area contributed by atoms with Crippen molar-refractivity contribution < 1.29 is 87.9 Å². The Kier molecular flexibility index (Phi) is 53.5. The second-order valence-corrected chi connectivity index (χ2v) is 23.6. The van der Waals surface area contributed by atoms with Gasteiger partial charge in [-0.05, 0) is 101 Å². The van der Waals surface area contributed by atoms with Gasteiger partial charge in [0.05, 0.1) is 37.2 Å². The van der Waals surface area contributed by atoms with Gasteiger partial charge in [0.1, 0.15) is 25.9 Å². The minimum absolute atomic E-state index is 0.00873. The van der Waals surface area contributed by atoms with Crippen LogP contribution < -0.4 is 0 Å². The zero-order valence-electron chi connectivity index (χ0n) is 54.7. The molecule has 0 aromatic carbocycles. The molecule has 0 amide bonds. The summed E-state index contributed by atoms with van der Waals surface area (Å²) in [6.45, 7) is 6.74. The molecule has 0 aliphatic heterocycles. The minimum Gasteiger partial charge on any atom is -0.481 e. The topological polar surface area (TPSA) is 295 Å². The monoisotopic (exact) mass is 1260 g/mol. The maximum absolute atomic E-state index is 13.1. The van der Waals surface area contributed by atoms with E-state index in [0.29, 0.717) is 44.9 Å². The van der Waals surface area contributed by atoms with E-state index in [1.54, 1.807) is 12.2 Å². The van der Waals surface area contributed by atoms with Crippen molar-refractivity contribution >= 4 is 47.8 Å². The molecule has 0 aromatic heterocycles. The molecule has 8 unspecified atom stereocenters. The van der Waals surface area contributed by atoms with Crippen molar-refractivity contribution in [2.24, 2.45) is 35.5 Å². The van der Waals surface area contributed by atoms with Gasteiger partial charge in [-0.25, -0.2) is 0 Å². The Morgan fingerprint density at radius 2 is 0.865 bits per heavy atom. The van der Waals surface area contributed by atoms with Gasteiger partial charge in [0.15, 0.2) is 6.10 Å². The zero-order chi connectivity index (χ0) is 66.1. The van der Waals surface area contributed by atoms with Crippen LogP contribution in [0.15, 0.2) is 72.9 Å². The molecule has 0 spiro atoms. The standard InChI is InChI=1S/C71H116O18/c1-5-8-10-11-27-37-45-59(63(70(83)84)51-65(76)77)46-38-30-25-26-33-41-49-68(80)89-61(54-86-66(78)47-39-31-23-19-15-13-12-14-17-21-28-35-42-57(7-3)62(69(81)82)50-64(74)75)55-87-67(79)48-40-32-24-20-16-18-22-29-36-44-58(43-34-9-6-2)56(4)71(85)88-53-60(73)52-72/h12,14,21-22,28-29,35-36,38,42,44,46,56-63,72-73H,5-11,13,15-20,23-27,30-34,37,39-41,43,45,47-55H2,1-4H3,(H,74,75)(H,76,77)(H,81,82)(H,83,84)/b14-12-,28-21-,29-22-,42-35+,44-36+,46-38+. The number of rotatable bonds is 60. The van der Waals surface area contributed by atoms with E-state index in [1.807, 2.05) is 56.4 Å². The summed E-state index contributed by atoms with van der Waals surface area (Å²) in [5.41, 5.74) is 0. The molecule has 18 nitrogen and oxygen atoms in total. The summed E-state index contributed by atoms with van der Waals surface area (Å²) < 4.78 is 22.0. The Labute approximate surface area is 533 Å². The molecule has 8 atom stereocenters. The van der Waals surface area contributed by atoms with Crippen molar-refractivity contribution in [3.63, 3.8) is 0 Å². The van der Waals surface area contributed by atoms with Crippen LogP contribution in [0.3, 0.4) is 0 Å². The molecule has 0 aliphatic carbocycles. The van der Waals surface area contributed by atoms with Crippen LogP contribution in [0.5, 0.6) is 0 Å². The Morgan fingerprint density at radius 1 is 0.427 bits per heavy atom. The molecule has 0 bridgehead atoms. The van der Waals surface area contributed by atoms with E-state index in [1.165, 1.54) is 0 Å². The number of aliphatic hydroxyl groups is 2. The highest BCUT2D eigenvalue weighted by atomic mass is 16.6. The first-order valence-corrected chi connectivity index (χ1v) is 33.7. The summed E-state index contributed by atoms with van der Waals surface area (Å²) >= 11 is 0. The van der Waals surface area contributed by atoms with Crippen molar-refractivity contribution in [2.45, 2.75) is 265 Å². The van der Waals surface area contributed by atoms with Crippen molar-refractivity contribution in [3.05, 3.63) is 72.9 Å². The zero-order valence-corrected chi connectivity index (χ0v) is 54.7. The number of aliphatic carboxylic acids is 4. The number of carboxylic acids is 4. The van der Waals surface area contributed by atoms with Crippen LogP contribution in [-0.2, 0) is 57.3 Å². The summed E-state index contributed by atoms with van der Waals surface area (Å²) in [6, 6.07) is 0. The van der Waals surface area contributed by atoms with Gasteiger partial charge in [0.2, 0.25) is 0 Å². The van der Waals surface area contributed by atoms with Crippen LogP contribution >= 0.6 is 0 Å². The van der Waals surface area contributed by atoms with Crippen LogP contribution in [0.1, 0.15) is 252 Å². The summed E-state index contributed by atoms with van der Waals surface area (Å²) in [6.07, 6.45) is 47.3. The Morgan fingerprint density at radius 3 is 1.39 bits per heavy atom. The second kappa shape index (κ2) is 57.3. The Bertz CT molecular complexity index is 2090. The highest BCUT2D eigenvalue weighted by Gasteiger charge is 2.30. The minimum atomic E-state index is -1.13. The molecule has 0 rings (SSSR count). The van der Waals surface area contributed by atoms with Gasteiger partial charge in [0, 0.05) is 19.3 Å². The number of hydrogen-bond acceptors (Lipinski definition) is 14. The van der Waals surface area contributed by atoms with E-state index in [0.717, 1.165) is 148 Å². The second-order valence-electron chi connectivity index (χ2n) is 23.6. The van der Waals surface area contributed by atoms with Gasteiger partial charge in [-0.1, -0.05) is 210 Å². The van der Waals surface area contributed by atoms with Crippen LogP contribution in [0.4, 0.5) is 0 Å². The van der Waals surface area contributed by atoms with Gasteiger partial charge in [0.25, 0.3) is 0 Å². The summed E-state index contributed by atoms with van der Waals surface area (Å²) in [7, 11) is 0. The third kappa shape index (κ3) is 48.6. The molecule has 89 heavy (non-hydrogen) atoms. The fourth-order valence-corrected chi connectivity index (χ4v) is 10.2. The molecule has 0 saturated carbocycles. The van der Waals surface area contributed by atoms with Gasteiger partial charge in [-0.3, -0.25) is 38.4 Å². The van der Waals surface area contributed by atoms with Gasteiger partial charge in [-0.2, -0.15) is 0 Å². The fraction of sp³-hybridized carbons (Fsp3) is 0.718. The number of carbonyl (C=O) groups is 8. The van der Waals surface area contributed by atoms with E-state index >= 15 is 0 Å². The van der Waals surface area contributed by atoms with Crippen LogP contribution in [0, 0.1) is 35.5 Å². The first-order valence-electron chi connectivity index (χ1n) is 33.7. The highest BCUT2D eigenvalue weighted by Crippen LogP contribution is 2.27. The molecule has 0 radical (unpaired) electrons. The molecule has 0 aliphatic rings. The van der Waals surface area contributed by atoms with E-state index < -0.39 is 91.2 Å². The van der Waals surface area contributed by atoms with E-state index in [-0.39, 0.29) is 62.8 Å². The lowest BCUT2D eigenvalue weighted by molar-refractivity contribution is -0.167. The smallest absolute Gasteiger partial charge is 0.309 e. The SMILES string of the molecule is CCCCCCCCC(/C=C/CCCCCCC(=O)OC(COC(=O)CCCCCCC/C=C\C=C\C(CCCCC)C(C)C(=O)OCC(O)CO)COC(=O)CCCCCCC/C=C\C/C=C\C=C\C(CC)C(CC(=O)O)C(=O)O)C(CC(=O)O)C(=O)O. The number of allylic oxidation sites excluding steroid dienone is 12. The normalized spacial score (nSPS) is 14.7. The number of ether oxygens (including phenoxy) is 4. The van der Waals surface area contributed by atoms with Crippen LogP contribution in [-0.4, -0.2) is 117 Å². The van der Waals surface area contributed by atoms with Crippen LogP contribution in [0.2, 0.25) is 0 Å².